The fourth-order valence-corrected chi connectivity index (χ4v) is 5.08. The third-order valence-electron chi connectivity index (χ3n) is 7.00. The molecule has 0 N–H and O–H groups in total. The first-order valence-electron chi connectivity index (χ1n) is 11.9. The van der Waals surface area contributed by atoms with Crippen molar-refractivity contribution in [1.29, 1.82) is 0 Å². The van der Waals surface area contributed by atoms with E-state index in [9.17, 15) is 4.79 Å². The predicted octanol–water partition coefficient (Wildman–Crippen LogP) is 5.26. The lowest BCUT2D eigenvalue weighted by atomic mass is 10.0. The van der Waals surface area contributed by atoms with E-state index >= 15 is 0 Å². The average molecular weight is 408 g/mol. The molecule has 5 rings (SSSR count). The molecular weight excluding hydrogens is 374 g/mol. The fourth-order valence-electron chi connectivity index (χ4n) is 5.08. The maximum absolute atomic E-state index is 13.4. The van der Waals surface area contributed by atoms with Crippen molar-refractivity contribution in [2.75, 3.05) is 24.5 Å². The predicted molar refractivity (Wildman–Crippen MR) is 118 cm³/mol. The maximum atomic E-state index is 13.4. The van der Waals surface area contributed by atoms with Gasteiger partial charge in [0.2, 0.25) is 11.8 Å². The molecule has 5 heteroatoms. The summed E-state index contributed by atoms with van der Waals surface area (Å²) in [7, 11) is 0. The second-order valence-corrected chi connectivity index (χ2v) is 9.37. The Morgan fingerprint density at radius 1 is 1.00 bits per heavy atom. The molecule has 160 valence electrons. The molecular formula is C25H33N3O2. The number of amides is 1. The number of hydrogen-bond acceptors (Lipinski definition) is 4. The van der Waals surface area contributed by atoms with Crippen LogP contribution >= 0.6 is 0 Å². The quantitative estimate of drug-likeness (QED) is 0.628. The summed E-state index contributed by atoms with van der Waals surface area (Å²) in [5.74, 6) is 2.12. The van der Waals surface area contributed by atoms with Gasteiger partial charge in [0.25, 0.3) is 0 Å². The highest BCUT2D eigenvalue weighted by Gasteiger charge is 2.34. The van der Waals surface area contributed by atoms with E-state index < -0.39 is 0 Å². The number of aromatic nitrogens is 1. The lowest BCUT2D eigenvalue weighted by Crippen LogP contribution is -2.37. The van der Waals surface area contributed by atoms with Crippen LogP contribution < -0.4 is 4.90 Å². The number of nitrogens with zero attached hydrogens (tertiary/aromatic N) is 3. The molecule has 30 heavy (non-hydrogen) atoms. The van der Waals surface area contributed by atoms with Crippen LogP contribution in [0.5, 0.6) is 0 Å². The van der Waals surface area contributed by atoms with Gasteiger partial charge in [-0.3, -0.25) is 4.79 Å². The van der Waals surface area contributed by atoms with Crippen molar-refractivity contribution in [2.45, 2.75) is 64.3 Å². The van der Waals surface area contributed by atoms with Crippen molar-refractivity contribution < 1.29 is 9.32 Å². The largest absolute Gasteiger partial charge is 0.340 e. The van der Waals surface area contributed by atoms with Gasteiger partial charge in [-0.1, -0.05) is 48.3 Å². The Hall–Kier alpha value is -2.30. The number of carbonyl (C=O) groups is 1. The van der Waals surface area contributed by atoms with Crippen LogP contribution in [0.3, 0.4) is 0 Å². The van der Waals surface area contributed by atoms with Crippen molar-refractivity contribution in [2.24, 2.45) is 11.8 Å². The lowest BCUT2D eigenvalue weighted by molar-refractivity contribution is -0.136. The molecule has 2 aromatic rings. The highest BCUT2D eigenvalue weighted by molar-refractivity contribution is 5.80. The van der Waals surface area contributed by atoms with Gasteiger partial charge in [0, 0.05) is 31.1 Å². The smallest absolute Gasteiger partial charge is 0.232 e. The minimum absolute atomic E-state index is 0.210. The average Bonchev–Trinajstić information content (AvgIpc) is 3.27. The molecule has 2 aliphatic carbocycles. The van der Waals surface area contributed by atoms with Crippen molar-refractivity contribution >= 4 is 11.8 Å². The third-order valence-corrected chi connectivity index (χ3v) is 7.00. The molecule has 1 amide bonds. The summed E-state index contributed by atoms with van der Waals surface area (Å²) in [6.45, 7) is 3.52. The van der Waals surface area contributed by atoms with Crippen molar-refractivity contribution in [3.05, 3.63) is 35.9 Å². The van der Waals surface area contributed by atoms with E-state index in [1.165, 1.54) is 44.9 Å². The molecule has 0 unspecified atom stereocenters. The van der Waals surface area contributed by atoms with Crippen LogP contribution in [0.4, 0.5) is 5.88 Å². The van der Waals surface area contributed by atoms with E-state index in [1.807, 2.05) is 18.2 Å². The summed E-state index contributed by atoms with van der Waals surface area (Å²) in [6.07, 6.45) is 10.6. The first-order chi connectivity index (χ1) is 14.8. The van der Waals surface area contributed by atoms with Crippen molar-refractivity contribution in [3.63, 3.8) is 0 Å². The summed E-state index contributed by atoms with van der Waals surface area (Å²) in [5.41, 5.74) is 3.06. The van der Waals surface area contributed by atoms with Gasteiger partial charge in [-0.15, -0.1) is 0 Å². The molecule has 0 bridgehead atoms. The van der Waals surface area contributed by atoms with Gasteiger partial charge in [-0.2, -0.15) is 0 Å². The molecule has 0 radical (unpaired) electrons. The van der Waals surface area contributed by atoms with E-state index in [0.29, 0.717) is 18.4 Å². The van der Waals surface area contributed by atoms with Gasteiger partial charge >= 0.3 is 0 Å². The maximum Gasteiger partial charge on any atom is 0.232 e. The number of rotatable bonds is 7. The van der Waals surface area contributed by atoms with Gasteiger partial charge in [-0.25, -0.2) is 0 Å². The first kappa shape index (κ1) is 19.7. The number of anilines is 1. The Morgan fingerprint density at radius 3 is 2.43 bits per heavy atom. The Morgan fingerprint density at radius 2 is 1.73 bits per heavy atom. The van der Waals surface area contributed by atoms with Crippen LogP contribution in [0.2, 0.25) is 0 Å². The number of piperidine rings is 1. The minimum Gasteiger partial charge on any atom is -0.340 e. The molecule has 0 spiro atoms. The fraction of sp³-hybridized carbons (Fsp3) is 0.600. The van der Waals surface area contributed by atoms with Crippen molar-refractivity contribution in [1.82, 2.24) is 10.1 Å². The molecule has 1 saturated heterocycles. The second kappa shape index (κ2) is 8.83. The minimum atomic E-state index is 0.210. The summed E-state index contributed by atoms with van der Waals surface area (Å²) in [4.78, 5) is 17.9. The molecule has 3 fully saturated rings. The van der Waals surface area contributed by atoms with Gasteiger partial charge in [-0.05, 0) is 50.9 Å². The van der Waals surface area contributed by atoms with Gasteiger partial charge in [0.15, 0.2) is 0 Å². The lowest BCUT2D eigenvalue weighted by Gasteiger charge is -2.29. The molecule has 3 aliphatic rings. The van der Waals surface area contributed by atoms with Crippen LogP contribution in [-0.2, 0) is 11.3 Å². The SMILES string of the molecule is O=C(C1CCCC1)N(Cc1c(-c2ccccc2)noc1N1CCCCC1)CC1CC1. The Labute approximate surface area is 179 Å². The zero-order valence-electron chi connectivity index (χ0n) is 17.9. The molecule has 2 heterocycles. The number of hydrogen-bond donors (Lipinski definition) is 0. The zero-order valence-corrected chi connectivity index (χ0v) is 17.9. The van der Waals surface area contributed by atoms with E-state index in [4.69, 9.17) is 4.52 Å². The van der Waals surface area contributed by atoms with Crippen LogP contribution in [0.15, 0.2) is 34.9 Å². The molecule has 1 aromatic carbocycles. The molecule has 0 atom stereocenters. The first-order valence-corrected chi connectivity index (χ1v) is 11.9. The van der Waals surface area contributed by atoms with Crippen LogP contribution in [-0.4, -0.2) is 35.6 Å². The van der Waals surface area contributed by atoms with Crippen LogP contribution in [0, 0.1) is 11.8 Å². The zero-order chi connectivity index (χ0) is 20.3. The highest BCUT2D eigenvalue weighted by atomic mass is 16.5. The Kier molecular flexibility index (Phi) is 5.78. The topological polar surface area (TPSA) is 49.6 Å². The van der Waals surface area contributed by atoms with Crippen LogP contribution in [0.1, 0.15) is 63.4 Å². The summed E-state index contributed by atoms with van der Waals surface area (Å²) in [6, 6.07) is 10.3. The summed E-state index contributed by atoms with van der Waals surface area (Å²) >= 11 is 0. The normalized spacial score (nSPS) is 19.9. The number of benzene rings is 1. The summed E-state index contributed by atoms with van der Waals surface area (Å²) < 4.78 is 5.95. The highest BCUT2D eigenvalue weighted by Crippen LogP contribution is 2.37. The van der Waals surface area contributed by atoms with Crippen molar-refractivity contribution in [3.8, 4) is 11.3 Å². The third kappa shape index (κ3) is 4.26. The van der Waals surface area contributed by atoms with Crippen LogP contribution in [0.25, 0.3) is 11.3 Å². The van der Waals surface area contributed by atoms with Gasteiger partial charge in [0.05, 0.1) is 12.1 Å². The second-order valence-electron chi connectivity index (χ2n) is 9.37. The number of carbonyl (C=O) groups excluding carboxylic acids is 1. The molecule has 2 saturated carbocycles. The van der Waals surface area contributed by atoms with E-state index in [2.05, 4.69) is 27.1 Å². The Balaban J connectivity index is 1.47. The standard InChI is InChI=1S/C25H33N3O2/c29-24(21-11-5-6-12-21)28(17-19-13-14-19)18-22-23(20-9-3-1-4-10-20)26-30-25(22)27-15-7-2-8-16-27/h1,3-4,9-10,19,21H,2,5-8,11-18H2. The van der Waals surface area contributed by atoms with E-state index in [1.54, 1.807) is 0 Å². The molecule has 5 nitrogen and oxygen atoms in total. The molecule has 1 aliphatic heterocycles. The summed E-state index contributed by atoms with van der Waals surface area (Å²) in [5, 5.41) is 4.51. The van der Waals surface area contributed by atoms with E-state index in [-0.39, 0.29) is 5.92 Å². The van der Waals surface area contributed by atoms with E-state index in [0.717, 1.165) is 55.2 Å². The van der Waals surface area contributed by atoms with Gasteiger partial charge in [0.1, 0.15) is 5.69 Å². The Bertz CT molecular complexity index is 847. The monoisotopic (exact) mass is 407 g/mol. The van der Waals surface area contributed by atoms with Gasteiger partial charge < -0.3 is 14.3 Å². The molecule has 1 aromatic heterocycles.